The lowest BCUT2D eigenvalue weighted by Crippen LogP contribution is -1.88. The second kappa shape index (κ2) is 9.68. The Hall–Kier alpha value is -0.320. The zero-order valence-electron chi connectivity index (χ0n) is 6.40. The molecular formula is C2H12N2O5S2. The smallest absolute Gasteiger partial charge is 0.300 e. The van der Waals surface area contributed by atoms with E-state index >= 15 is 0 Å². The molecule has 9 heteroatoms. The van der Waals surface area contributed by atoms with E-state index in [-0.39, 0.29) is 12.3 Å². The molecule has 11 heavy (non-hydrogen) atoms. The van der Waals surface area contributed by atoms with Crippen LogP contribution in [0, 0.1) is 0 Å². The van der Waals surface area contributed by atoms with Crippen molar-refractivity contribution in [2.75, 3.05) is 0 Å². The van der Waals surface area contributed by atoms with Crippen molar-refractivity contribution in [2.24, 2.45) is 0 Å². The van der Waals surface area contributed by atoms with Crippen LogP contribution in [0.3, 0.4) is 0 Å². The molecule has 0 rings (SSSR count). The van der Waals surface area contributed by atoms with E-state index in [0.717, 1.165) is 6.92 Å². The van der Waals surface area contributed by atoms with E-state index in [0.29, 0.717) is 0 Å². The van der Waals surface area contributed by atoms with Crippen LogP contribution in [-0.2, 0) is 25.0 Å². The topological polar surface area (TPSA) is 173 Å². The Bertz CT molecular complexity index is 163. The summed E-state index contributed by atoms with van der Waals surface area (Å²) in [5.74, 6) is -0.833. The molecule has 7 nitrogen and oxygen atoms in total. The molecule has 0 spiro atoms. The third-order valence-electron chi connectivity index (χ3n) is 0. The van der Waals surface area contributed by atoms with Gasteiger partial charge in [0.1, 0.15) is 0 Å². The number of quaternary nitrogens is 2. The van der Waals surface area contributed by atoms with E-state index in [4.69, 9.17) is 23.2 Å². The Morgan fingerprint density at radius 2 is 1.45 bits per heavy atom. The van der Waals surface area contributed by atoms with Crippen molar-refractivity contribution in [2.45, 2.75) is 6.92 Å². The fraction of sp³-hybridized carbons (Fsp3) is 0.500. The van der Waals surface area contributed by atoms with Crippen molar-refractivity contribution < 1.29 is 23.2 Å². The van der Waals surface area contributed by atoms with E-state index in [1.54, 1.807) is 0 Å². The van der Waals surface area contributed by atoms with Gasteiger partial charge in [0.15, 0.2) is 0 Å². The van der Waals surface area contributed by atoms with Crippen LogP contribution in [0.25, 0.3) is 0 Å². The Morgan fingerprint density at radius 3 is 1.45 bits per heavy atom. The van der Waals surface area contributed by atoms with Gasteiger partial charge in [-0.05, 0) is 11.2 Å². The van der Waals surface area contributed by atoms with Gasteiger partial charge in [0, 0.05) is 6.92 Å². The van der Waals surface area contributed by atoms with Gasteiger partial charge >= 0.3 is 0 Å². The van der Waals surface area contributed by atoms with Crippen molar-refractivity contribution >= 4 is 26.2 Å². The lowest BCUT2D eigenvalue weighted by Gasteiger charge is -2.12. The molecule has 0 unspecified atom stereocenters. The van der Waals surface area contributed by atoms with Crippen molar-refractivity contribution in [3.05, 3.63) is 0 Å². The Kier molecular flexibility index (Phi) is 19.7. The van der Waals surface area contributed by atoms with Gasteiger partial charge in [-0.25, -0.2) is 0 Å². The maximum atomic E-state index is 9.00. The van der Waals surface area contributed by atoms with Crippen molar-refractivity contribution in [3.63, 3.8) is 0 Å². The van der Waals surface area contributed by atoms with Crippen LogP contribution in [0.15, 0.2) is 0 Å². The molecule has 0 saturated carbocycles. The molecule has 0 amide bonds. The van der Waals surface area contributed by atoms with Gasteiger partial charge in [-0.3, -0.25) is 9.00 Å². The summed E-state index contributed by atoms with van der Waals surface area (Å²) in [6, 6.07) is 0. The van der Waals surface area contributed by atoms with Crippen molar-refractivity contribution in [3.8, 4) is 0 Å². The fourth-order valence-corrected chi connectivity index (χ4v) is 0. The highest BCUT2D eigenvalue weighted by atomic mass is 32.9. The summed E-state index contributed by atoms with van der Waals surface area (Å²) < 4.78 is 26.7. The standard InChI is InChI=1S/C2H4O2.2H3N.H2O3S2/c1-2(3)4;;;1-5(2,3)4/h1H3,(H,3,4);2*1H3;(H2,1,2,3,4). The largest absolute Gasteiger partial charge is 0.780 e. The second-order valence-corrected chi connectivity index (χ2v) is 2.97. The summed E-state index contributed by atoms with van der Waals surface area (Å²) in [5, 5.41) is 7.42. The number of aliphatic carboxylic acids is 1. The Balaban J connectivity index is -0.0000000383. The molecule has 0 radical (unpaired) electrons. The highest BCUT2D eigenvalue weighted by Gasteiger charge is 1.65. The fourth-order valence-electron chi connectivity index (χ4n) is 0. The van der Waals surface area contributed by atoms with Crippen LogP contribution in [0.2, 0.25) is 0 Å². The maximum Gasteiger partial charge on any atom is 0.300 e. The normalized spacial score (nSPS) is 7.55. The lowest BCUT2D eigenvalue weighted by molar-refractivity contribution is -0.134. The van der Waals surface area contributed by atoms with Gasteiger partial charge < -0.3 is 26.5 Å². The first-order valence-corrected chi connectivity index (χ1v) is 3.93. The summed E-state index contributed by atoms with van der Waals surface area (Å²) in [6.07, 6.45) is 0. The van der Waals surface area contributed by atoms with Crippen LogP contribution in [0.5, 0.6) is 0 Å². The molecule has 0 fully saturated rings. The number of rotatable bonds is 0. The number of carboxylic acid groups (broad SMARTS) is 1. The number of hydrogen-bond acceptors (Lipinski definition) is 5. The number of hydrogen-bond donors (Lipinski definition) is 3. The molecule has 0 bridgehead atoms. The van der Waals surface area contributed by atoms with Gasteiger partial charge in [-0.1, -0.05) is 0 Å². The van der Waals surface area contributed by atoms with Gasteiger partial charge in [-0.15, -0.1) is 9.05 Å². The maximum absolute atomic E-state index is 9.00. The molecule has 0 aromatic rings. The average molecular weight is 208 g/mol. The predicted molar refractivity (Wildman–Crippen MR) is 42.3 cm³/mol. The lowest BCUT2D eigenvalue weighted by atomic mass is 10.9. The van der Waals surface area contributed by atoms with E-state index in [2.05, 4.69) is 11.2 Å². The van der Waals surface area contributed by atoms with Crippen molar-refractivity contribution in [1.29, 1.82) is 0 Å². The second-order valence-electron chi connectivity index (χ2n) is 0.927. The quantitative estimate of drug-likeness (QED) is 0.498. The molecule has 0 aromatic carbocycles. The number of carbonyl (C=O) groups is 1. The summed E-state index contributed by atoms with van der Waals surface area (Å²) in [4.78, 5) is 9.00. The average Bonchev–Trinajstić information content (AvgIpc) is 1.19. The molecule has 0 aliphatic carbocycles. The van der Waals surface area contributed by atoms with Gasteiger partial charge in [0.25, 0.3) is 5.97 Å². The molecule has 0 atom stereocenters. The van der Waals surface area contributed by atoms with Crippen molar-refractivity contribution in [1.82, 2.24) is 12.3 Å². The van der Waals surface area contributed by atoms with E-state index < -0.39 is 15.0 Å². The minimum atomic E-state index is -4.33. The van der Waals surface area contributed by atoms with Crippen LogP contribution in [0.4, 0.5) is 0 Å². The third kappa shape index (κ3) is 5580. The van der Waals surface area contributed by atoms with Gasteiger partial charge in [-0.2, -0.15) is 0 Å². The minimum Gasteiger partial charge on any atom is -0.780 e. The summed E-state index contributed by atoms with van der Waals surface area (Å²) in [5.41, 5.74) is 0. The zero-order valence-corrected chi connectivity index (χ0v) is 8.03. The van der Waals surface area contributed by atoms with Crippen LogP contribution >= 0.6 is 0 Å². The van der Waals surface area contributed by atoms with E-state index in [9.17, 15) is 0 Å². The molecule has 0 heterocycles. The third-order valence-corrected chi connectivity index (χ3v) is 0. The van der Waals surface area contributed by atoms with Crippen LogP contribution in [-0.4, -0.2) is 24.4 Å². The molecule has 9 N–H and O–H groups in total. The zero-order chi connectivity index (χ0) is 8.08. The van der Waals surface area contributed by atoms with Gasteiger partial charge in [0.05, 0.1) is 0 Å². The first kappa shape index (κ1) is 22.4. The first-order chi connectivity index (χ1) is 3.73. The molecule has 0 saturated heterocycles. The molecule has 0 aliphatic rings. The van der Waals surface area contributed by atoms with Crippen LogP contribution in [0.1, 0.15) is 6.92 Å². The Labute approximate surface area is 69.3 Å². The van der Waals surface area contributed by atoms with Gasteiger partial charge in [0.2, 0.25) is 0 Å². The highest BCUT2D eigenvalue weighted by molar-refractivity contribution is 8.26. The molecule has 0 aliphatic heterocycles. The number of carboxylic acids is 1. The van der Waals surface area contributed by atoms with E-state index in [1.807, 2.05) is 0 Å². The van der Waals surface area contributed by atoms with Crippen LogP contribution < -0.4 is 12.3 Å². The summed E-state index contributed by atoms with van der Waals surface area (Å²) >= 11 is 3.24. The first-order valence-electron chi connectivity index (χ1n) is 1.59. The monoisotopic (exact) mass is 208 g/mol. The Morgan fingerprint density at radius 1 is 1.45 bits per heavy atom. The summed E-state index contributed by atoms with van der Waals surface area (Å²) in [7, 11) is -4.33. The summed E-state index contributed by atoms with van der Waals surface area (Å²) in [6.45, 7) is 1.08. The highest BCUT2D eigenvalue weighted by Crippen LogP contribution is 1.60. The minimum absolute atomic E-state index is 0. The molecule has 0 aromatic heterocycles. The SMILES string of the molecule is CC(=O)O.O=S([O-])([O-])=S.[NH4+].[NH4+]. The predicted octanol–water partition coefficient (Wildman–Crippen LogP) is -0.163. The van der Waals surface area contributed by atoms with E-state index in [1.165, 1.54) is 0 Å². The molecular weight excluding hydrogens is 196 g/mol. The molecule has 72 valence electrons.